The molecule has 0 aromatic carbocycles. The molecule has 1 atom stereocenters. The van der Waals surface area contributed by atoms with E-state index in [1.54, 1.807) is 0 Å². The van der Waals surface area contributed by atoms with Crippen LogP contribution in [0.4, 0.5) is 0 Å². The highest BCUT2D eigenvalue weighted by atomic mass is 16.5. The molecule has 0 saturated heterocycles. The third kappa shape index (κ3) is 2.71. The fraction of sp³-hybridized carbons (Fsp3) is 1.00. The quantitative estimate of drug-likeness (QED) is 0.735. The summed E-state index contributed by atoms with van der Waals surface area (Å²) in [5.41, 5.74) is -0.0293. The molecule has 1 saturated carbocycles. The van der Waals surface area contributed by atoms with Gasteiger partial charge in [-0.1, -0.05) is 12.8 Å². The van der Waals surface area contributed by atoms with E-state index in [-0.39, 0.29) is 5.60 Å². The van der Waals surface area contributed by atoms with Crippen molar-refractivity contribution in [1.29, 1.82) is 0 Å². The Morgan fingerprint density at radius 3 is 2.36 bits per heavy atom. The maximum Gasteiger partial charge on any atom is 0.0781 e. The number of likely N-dealkylation sites (N-methyl/N-ethyl adjacent to an activating group) is 1. The molecule has 1 N–H and O–H groups in total. The molecule has 2 heteroatoms. The molecule has 0 spiro atoms. The third-order valence-electron chi connectivity index (χ3n) is 3.45. The van der Waals surface area contributed by atoms with Crippen LogP contribution in [0.1, 0.15) is 46.5 Å². The fourth-order valence-electron chi connectivity index (χ4n) is 2.90. The zero-order valence-corrected chi connectivity index (χ0v) is 10.1. The van der Waals surface area contributed by atoms with E-state index >= 15 is 0 Å². The average Bonchev–Trinajstić information content (AvgIpc) is 2.57. The van der Waals surface area contributed by atoms with Crippen LogP contribution in [-0.2, 0) is 4.74 Å². The minimum absolute atomic E-state index is 0.0293. The third-order valence-corrected chi connectivity index (χ3v) is 3.45. The summed E-state index contributed by atoms with van der Waals surface area (Å²) in [4.78, 5) is 0. The van der Waals surface area contributed by atoms with Crippen LogP contribution >= 0.6 is 0 Å². The highest BCUT2D eigenvalue weighted by Gasteiger charge is 2.36. The van der Waals surface area contributed by atoms with Crippen molar-refractivity contribution in [2.24, 2.45) is 5.92 Å². The minimum Gasteiger partial charge on any atom is -0.374 e. The summed E-state index contributed by atoms with van der Waals surface area (Å²) in [6.07, 6.45) is 5.51. The molecule has 1 rings (SSSR count). The van der Waals surface area contributed by atoms with Gasteiger partial charge in [0.2, 0.25) is 0 Å². The van der Waals surface area contributed by atoms with Crippen LogP contribution in [0.15, 0.2) is 0 Å². The zero-order valence-electron chi connectivity index (χ0n) is 10.1. The Morgan fingerprint density at radius 2 is 1.93 bits per heavy atom. The lowest BCUT2D eigenvalue weighted by Gasteiger charge is -2.37. The van der Waals surface area contributed by atoms with Crippen LogP contribution in [0.2, 0.25) is 0 Å². The van der Waals surface area contributed by atoms with E-state index < -0.39 is 0 Å². The van der Waals surface area contributed by atoms with Crippen molar-refractivity contribution >= 4 is 0 Å². The average molecular weight is 199 g/mol. The molecule has 0 heterocycles. The first kappa shape index (κ1) is 12.0. The second kappa shape index (κ2) is 5.13. The minimum atomic E-state index is -0.0293. The monoisotopic (exact) mass is 199 g/mol. The van der Waals surface area contributed by atoms with Crippen molar-refractivity contribution in [2.45, 2.75) is 58.1 Å². The Bertz CT molecular complexity index is 162. The molecule has 2 nitrogen and oxygen atoms in total. The second-order valence-electron chi connectivity index (χ2n) is 4.85. The predicted octanol–water partition coefficient (Wildman–Crippen LogP) is 2.58. The van der Waals surface area contributed by atoms with Crippen molar-refractivity contribution in [3.63, 3.8) is 0 Å². The number of nitrogens with one attached hydrogen (secondary N) is 1. The van der Waals surface area contributed by atoms with E-state index in [1.807, 2.05) is 0 Å². The summed E-state index contributed by atoms with van der Waals surface area (Å²) in [7, 11) is 2.06. The van der Waals surface area contributed by atoms with Gasteiger partial charge >= 0.3 is 0 Å². The van der Waals surface area contributed by atoms with Crippen LogP contribution in [0, 0.1) is 5.92 Å². The molecule has 14 heavy (non-hydrogen) atoms. The number of hydrogen-bond acceptors (Lipinski definition) is 2. The molecule has 0 bridgehead atoms. The Labute approximate surface area is 88.4 Å². The molecule has 84 valence electrons. The maximum atomic E-state index is 5.83. The largest absolute Gasteiger partial charge is 0.374 e. The first-order valence-electron chi connectivity index (χ1n) is 5.93. The Balaban J connectivity index is 2.58. The van der Waals surface area contributed by atoms with Gasteiger partial charge in [0.25, 0.3) is 0 Å². The first-order valence-corrected chi connectivity index (χ1v) is 5.93. The number of rotatable bonds is 5. The van der Waals surface area contributed by atoms with Crippen LogP contribution < -0.4 is 5.32 Å². The van der Waals surface area contributed by atoms with Crippen LogP contribution in [0.25, 0.3) is 0 Å². The van der Waals surface area contributed by atoms with Crippen LogP contribution in [0.5, 0.6) is 0 Å². The summed E-state index contributed by atoms with van der Waals surface area (Å²) in [6.45, 7) is 7.28. The van der Waals surface area contributed by atoms with Gasteiger partial charge in [-0.2, -0.15) is 0 Å². The van der Waals surface area contributed by atoms with Gasteiger partial charge in [-0.05, 0) is 46.6 Å². The van der Waals surface area contributed by atoms with Crippen LogP contribution in [0.3, 0.4) is 0 Å². The summed E-state index contributed by atoms with van der Waals surface area (Å²) in [5, 5.41) is 3.44. The van der Waals surface area contributed by atoms with Gasteiger partial charge in [-0.15, -0.1) is 0 Å². The molecule has 1 aliphatic rings. The van der Waals surface area contributed by atoms with Gasteiger partial charge in [0.05, 0.1) is 5.60 Å². The van der Waals surface area contributed by atoms with E-state index in [4.69, 9.17) is 4.74 Å². The molecule has 0 aromatic rings. The maximum absolute atomic E-state index is 5.83. The summed E-state index contributed by atoms with van der Waals surface area (Å²) >= 11 is 0. The van der Waals surface area contributed by atoms with Crippen molar-refractivity contribution in [3.05, 3.63) is 0 Å². The van der Waals surface area contributed by atoms with Crippen molar-refractivity contribution < 1.29 is 4.74 Å². The Morgan fingerprint density at radius 1 is 1.36 bits per heavy atom. The second-order valence-corrected chi connectivity index (χ2v) is 4.85. The lowest BCUT2D eigenvalue weighted by atomic mass is 9.86. The highest BCUT2D eigenvalue weighted by molar-refractivity contribution is 4.92. The van der Waals surface area contributed by atoms with Gasteiger partial charge in [-0.3, -0.25) is 0 Å². The highest BCUT2D eigenvalue weighted by Crippen LogP contribution is 2.33. The Kier molecular flexibility index (Phi) is 4.39. The number of hydrogen-bond donors (Lipinski definition) is 1. The van der Waals surface area contributed by atoms with E-state index in [2.05, 4.69) is 33.1 Å². The van der Waals surface area contributed by atoms with Gasteiger partial charge in [0, 0.05) is 12.6 Å². The molecular formula is C12H25NO. The summed E-state index contributed by atoms with van der Waals surface area (Å²) in [6, 6.07) is 0.505. The molecule has 0 amide bonds. The predicted molar refractivity (Wildman–Crippen MR) is 60.5 cm³/mol. The molecule has 0 radical (unpaired) electrons. The standard InChI is InChI=1S/C12H25NO/c1-5-14-12(2,3)11(13-4)10-8-6-7-9-10/h10-11,13H,5-9H2,1-4H3. The van der Waals surface area contributed by atoms with Gasteiger partial charge < -0.3 is 10.1 Å². The Hall–Kier alpha value is -0.0800. The summed E-state index contributed by atoms with van der Waals surface area (Å²) in [5.74, 6) is 0.807. The van der Waals surface area contributed by atoms with E-state index in [1.165, 1.54) is 25.7 Å². The van der Waals surface area contributed by atoms with Crippen molar-refractivity contribution in [2.75, 3.05) is 13.7 Å². The number of ether oxygens (including phenoxy) is 1. The van der Waals surface area contributed by atoms with Crippen LogP contribution in [-0.4, -0.2) is 25.3 Å². The van der Waals surface area contributed by atoms with E-state index in [0.717, 1.165) is 12.5 Å². The zero-order chi connectivity index (χ0) is 10.6. The molecule has 1 fully saturated rings. The molecule has 1 unspecified atom stereocenters. The molecule has 1 aliphatic carbocycles. The SMILES string of the molecule is CCOC(C)(C)C(NC)C1CCCC1. The lowest BCUT2D eigenvalue weighted by Crippen LogP contribution is -2.51. The van der Waals surface area contributed by atoms with Gasteiger partial charge in [0.15, 0.2) is 0 Å². The molecule has 0 aliphatic heterocycles. The van der Waals surface area contributed by atoms with Gasteiger partial charge in [-0.25, -0.2) is 0 Å². The first-order chi connectivity index (χ1) is 6.61. The molecule has 0 aromatic heterocycles. The van der Waals surface area contributed by atoms with E-state index in [9.17, 15) is 0 Å². The summed E-state index contributed by atoms with van der Waals surface area (Å²) < 4.78 is 5.83. The van der Waals surface area contributed by atoms with Crippen molar-refractivity contribution in [1.82, 2.24) is 5.32 Å². The fourth-order valence-corrected chi connectivity index (χ4v) is 2.90. The molecular weight excluding hydrogens is 174 g/mol. The normalized spacial score (nSPS) is 21.4. The smallest absolute Gasteiger partial charge is 0.0781 e. The topological polar surface area (TPSA) is 21.3 Å². The van der Waals surface area contributed by atoms with Gasteiger partial charge in [0.1, 0.15) is 0 Å². The van der Waals surface area contributed by atoms with E-state index in [0.29, 0.717) is 6.04 Å². The van der Waals surface area contributed by atoms with Crippen molar-refractivity contribution in [3.8, 4) is 0 Å². The lowest BCUT2D eigenvalue weighted by molar-refractivity contribution is -0.0505.